The molecule has 0 aliphatic carbocycles. The highest BCUT2D eigenvalue weighted by atomic mass is 14.7. The predicted octanol–water partition coefficient (Wildman–Crippen LogP) is 2.35. The van der Waals surface area contributed by atoms with Gasteiger partial charge in [-0.25, -0.2) is 0 Å². The Labute approximate surface area is 80.2 Å². The summed E-state index contributed by atoms with van der Waals surface area (Å²) in [7, 11) is 0. The summed E-state index contributed by atoms with van der Waals surface area (Å²) in [6.07, 6.45) is 1.88. The van der Waals surface area contributed by atoms with Crippen LogP contribution in [0.25, 0.3) is 0 Å². The molecule has 2 nitrogen and oxygen atoms in total. The minimum absolute atomic E-state index is 0.104. The van der Waals surface area contributed by atoms with Gasteiger partial charge < -0.3 is 5.73 Å². The van der Waals surface area contributed by atoms with Gasteiger partial charge in [0.05, 0.1) is 0 Å². The molecule has 1 aromatic heterocycles. The lowest BCUT2D eigenvalue weighted by Crippen LogP contribution is -2.17. The molecule has 13 heavy (non-hydrogen) atoms. The molecule has 1 aromatic rings. The van der Waals surface area contributed by atoms with Crippen LogP contribution in [0.5, 0.6) is 0 Å². The molecular formula is C11H18N2. The first-order chi connectivity index (χ1) is 6.02. The van der Waals surface area contributed by atoms with E-state index < -0.39 is 0 Å². The summed E-state index contributed by atoms with van der Waals surface area (Å²) >= 11 is 0. The smallest absolute Gasteiger partial charge is 0.0402 e. The minimum Gasteiger partial charge on any atom is -0.324 e. The van der Waals surface area contributed by atoms with Crippen molar-refractivity contribution in [3.05, 3.63) is 29.1 Å². The molecule has 0 aromatic carbocycles. The Morgan fingerprint density at radius 1 is 1.31 bits per heavy atom. The summed E-state index contributed by atoms with van der Waals surface area (Å²) in [5.74, 6) is 0.462. The lowest BCUT2D eigenvalue weighted by atomic mass is 9.97. The summed E-state index contributed by atoms with van der Waals surface area (Å²) in [6, 6.07) is 2.24. The van der Waals surface area contributed by atoms with Crippen molar-refractivity contribution < 1.29 is 0 Å². The van der Waals surface area contributed by atoms with Gasteiger partial charge in [-0.2, -0.15) is 0 Å². The van der Waals surface area contributed by atoms with Crippen LogP contribution in [0.2, 0.25) is 0 Å². The first-order valence-corrected chi connectivity index (χ1v) is 4.71. The SMILES string of the molecule is Cc1cc(C(N)C(C)C)cnc1C. The van der Waals surface area contributed by atoms with Crippen molar-refractivity contribution in [3.8, 4) is 0 Å². The van der Waals surface area contributed by atoms with Crippen LogP contribution >= 0.6 is 0 Å². The summed E-state index contributed by atoms with van der Waals surface area (Å²) in [5.41, 5.74) is 9.45. The molecular weight excluding hydrogens is 160 g/mol. The second-order valence-electron chi connectivity index (χ2n) is 3.94. The van der Waals surface area contributed by atoms with Gasteiger partial charge in [-0.1, -0.05) is 19.9 Å². The quantitative estimate of drug-likeness (QED) is 0.755. The van der Waals surface area contributed by atoms with Crippen molar-refractivity contribution in [1.82, 2.24) is 4.98 Å². The number of aromatic nitrogens is 1. The zero-order valence-corrected chi connectivity index (χ0v) is 8.83. The Bertz CT molecular complexity index is 292. The number of aryl methyl sites for hydroxylation is 2. The normalized spacial score (nSPS) is 13.4. The van der Waals surface area contributed by atoms with Crippen LogP contribution in [-0.4, -0.2) is 4.98 Å². The highest BCUT2D eigenvalue weighted by Crippen LogP contribution is 2.19. The van der Waals surface area contributed by atoms with E-state index in [9.17, 15) is 0 Å². The topological polar surface area (TPSA) is 38.9 Å². The third kappa shape index (κ3) is 2.28. The second-order valence-corrected chi connectivity index (χ2v) is 3.94. The lowest BCUT2D eigenvalue weighted by molar-refractivity contribution is 0.512. The number of nitrogens with two attached hydrogens (primary N) is 1. The van der Waals surface area contributed by atoms with Gasteiger partial charge in [0.25, 0.3) is 0 Å². The van der Waals surface area contributed by atoms with Gasteiger partial charge in [-0.05, 0) is 30.9 Å². The summed E-state index contributed by atoms with van der Waals surface area (Å²) < 4.78 is 0. The molecule has 0 spiro atoms. The molecule has 2 heteroatoms. The average molecular weight is 178 g/mol. The van der Waals surface area contributed by atoms with Gasteiger partial charge in [0.15, 0.2) is 0 Å². The molecule has 2 N–H and O–H groups in total. The minimum atomic E-state index is 0.104. The van der Waals surface area contributed by atoms with Crippen LogP contribution in [0.1, 0.15) is 36.7 Å². The number of nitrogens with zero attached hydrogens (tertiary/aromatic N) is 1. The number of pyridine rings is 1. The molecule has 0 aliphatic rings. The molecule has 0 bridgehead atoms. The summed E-state index contributed by atoms with van der Waals surface area (Å²) in [6.45, 7) is 8.33. The summed E-state index contributed by atoms with van der Waals surface area (Å²) in [4.78, 5) is 4.30. The zero-order valence-electron chi connectivity index (χ0n) is 8.83. The average Bonchev–Trinajstić information content (AvgIpc) is 2.08. The van der Waals surface area contributed by atoms with Crippen LogP contribution in [0.4, 0.5) is 0 Å². The van der Waals surface area contributed by atoms with Gasteiger partial charge in [0.1, 0.15) is 0 Å². The molecule has 0 radical (unpaired) electrons. The van der Waals surface area contributed by atoms with E-state index in [-0.39, 0.29) is 6.04 Å². The first-order valence-electron chi connectivity index (χ1n) is 4.71. The van der Waals surface area contributed by atoms with Crippen LogP contribution in [0, 0.1) is 19.8 Å². The van der Waals surface area contributed by atoms with Crippen molar-refractivity contribution in [2.75, 3.05) is 0 Å². The fourth-order valence-corrected chi connectivity index (χ4v) is 1.23. The highest BCUT2D eigenvalue weighted by Gasteiger charge is 2.10. The number of hydrogen-bond acceptors (Lipinski definition) is 2. The zero-order chi connectivity index (χ0) is 10.0. The van der Waals surface area contributed by atoms with E-state index >= 15 is 0 Å². The van der Waals surface area contributed by atoms with E-state index in [0.717, 1.165) is 11.3 Å². The van der Waals surface area contributed by atoms with E-state index in [1.165, 1.54) is 5.56 Å². The second kappa shape index (κ2) is 3.88. The molecule has 0 fully saturated rings. The van der Waals surface area contributed by atoms with E-state index in [2.05, 4.69) is 31.8 Å². The molecule has 72 valence electrons. The van der Waals surface area contributed by atoms with Crippen LogP contribution in [0.3, 0.4) is 0 Å². The molecule has 1 atom stereocenters. The van der Waals surface area contributed by atoms with E-state index in [0.29, 0.717) is 5.92 Å². The first kappa shape index (κ1) is 10.2. The van der Waals surface area contributed by atoms with E-state index in [1.54, 1.807) is 0 Å². The van der Waals surface area contributed by atoms with Gasteiger partial charge >= 0.3 is 0 Å². The number of hydrogen-bond donors (Lipinski definition) is 1. The van der Waals surface area contributed by atoms with Crippen molar-refractivity contribution >= 4 is 0 Å². The maximum absolute atomic E-state index is 6.02. The Morgan fingerprint density at radius 3 is 2.38 bits per heavy atom. The van der Waals surface area contributed by atoms with Crippen molar-refractivity contribution in [2.24, 2.45) is 11.7 Å². The van der Waals surface area contributed by atoms with E-state index in [1.807, 2.05) is 13.1 Å². The van der Waals surface area contributed by atoms with Gasteiger partial charge in [0, 0.05) is 17.9 Å². The van der Waals surface area contributed by atoms with E-state index in [4.69, 9.17) is 5.73 Å². The molecule has 1 unspecified atom stereocenters. The molecule has 0 aliphatic heterocycles. The largest absolute Gasteiger partial charge is 0.324 e. The lowest BCUT2D eigenvalue weighted by Gasteiger charge is -2.16. The molecule has 1 rings (SSSR count). The van der Waals surface area contributed by atoms with Gasteiger partial charge in [-0.15, -0.1) is 0 Å². The number of rotatable bonds is 2. The van der Waals surface area contributed by atoms with Crippen molar-refractivity contribution in [2.45, 2.75) is 33.7 Å². The standard InChI is InChI=1S/C11H18N2/c1-7(2)11(12)10-5-8(3)9(4)13-6-10/h5-7,11H,12H2,1-4H3. The Kier molecular flexibility index (Phi) is 3.04. The van der Waals surface area contributed by atoms with Gasteiger partial charge in [-0.3, -0.25) is 4.98 Å². The Morgan fingerprint density at radius 2 is 1.92 bits per heavy atom. The fraction of sp³-hybridized carbons (Fsp3) is 0.545. The van der Waals surface area contributed by atoms with Crippen LogP contribution in [-0.2, 0) is 0 Å². The molecule has 0 amide bonds. The third-order valence-corrected chi connectivity index (χ3v) is 2.46. The highest BCUT2D eigenvalue weighted by molar-refractivity contribution is 5.25. The fourth-order valence-electron chi connectivity index (χ4n) is 1.23. The van der Waals surface area contributed by atoms with Gasteiger partial charge in [0.2, 0.25) is 0 Å². The van der Waals surface area contributed by atoms with Crippen molar-refractivity contribution in [3.63, 3.8) is 0 Å². The third-order valence-electron chi connectivity index (χ3n) is 2.46. The monoisotopic (exact) mass is 178 g/mol. The molecule has 0 saturated carbocycles. The summed E-state index contributed by atoms with van der Waals surface area (Å²) in [5, 5.41) is 0. The predicted molar refractivity (Wildman–Crippen MR) is 55.5 cm³/mol. The Hall–Kier alpha value is -0.890. The van der Waals surface area contributed by atoms with Crippen LogP contribution in [0.15, 0.2) is 12.3 Å². The van der Waals surface area contributed by atoms with Crippen LogP contribution < -0.4 is 5.73 Å². The maximum atomic E-state index is 6.02. The Balaban J connectivity index is 2.97. The maximum Gasteiger partial charge on any atom is 0.0402 e. The van der Waals surface area contributed by atoms with Crippen molar-refractivity contribution in [1.29, 1.82) is 0 Å². The molecule has 1 heterocycles. The molecule has 0 saturated heterocycles.